The van der Waals surface area contributed by atoms with Crippen LogP contribution in [0.25, 0.3) is 11.5 Å². The molecule has 1 fully saturated rings. The molecule has 0 spiro atoms. The summed E-state index contributed by atoms with van der Waals surface area (Å²) in [5.41, 5.74) is 1.87. The van der Waals surface area contributed by atoms with E-state index in [1.165, 1.54) is 0 Å². The van der Waals surface area contributed by atoms with Crippen LogP contribution in [0.2, 0.25) is 0 Å². The van der Waals surface area contributed by atoms with Crippen LogP contribution in [0.5, 0.6) is 0 Å². The predicted molar refractivity (Wildman–Crippen MR) is 105 cm³/mol. The second-order valence-electron chi connectivity index (χ2n) is 6.85. The van der Waals surface area contributed by atoms with Crippen LogP contribution in [0.3, 0.4) is 0 Å². The smallest absolute Gasteiger partial charge is 0.180 e. The Morgan fingerprint density at radius 2 is 1.96 bits per heavy atom. The average Bonchev–Trinajstić information content (AvgIpc) is 3.23. The van der Waals surface area contributed by atoms with E-state index in [-0.39, 0.29) is 0 Å². The average molecular weight is 363 g/mol. The minimum absolute atomic E-state index is 0.464. The highest BCUT2D eigenvalue weighted by Gasteiger charge is 2.25. The van der Waals surface area contributed by atoms with E-state index in [4.69, 9.17) is 4.98 Å². The van der Waals surface area contributed by atoms with E-state index in [0.29, 0.717) is 11.7 Å². The van der Waals surface area contributed by atoms with E-state index < -0.39 is 0 Å². The van der Waals surface area contributed by atoms with Crippen molar-refractivity contribution in [2.24, 2.45) is 0 Å². The Labute approximate surface area is 159 Å². The van der Waals surface area contributed by atoms with Gasteiger partial charge in [-0.25, -0.2) is 9.97 Å². The minimum Gasteiger partial charge on any atom is -0.356 e. The van der Waals surface area contributed by atoms with Gasteiger partial charge in [-0.3, -0.25) is 4.98 Å². The Morgan fingerprint density at radius 1 is 1.11 bits per heavy atom. The normalized spacial score (nSPS) is 15.3. The van der Waals surface area contributed by atoms with Crippen LogP contribution in [0.1, 0.15) is 44.1 Å². The Morgan fingerprint density at radius 3 is 2.67 bits per heavy atom. The summed E-state index contributed by atoms with van der Waals surface area (Å²) in [4.78, 5) is 16.3. The molecule has 3 aromatic heterocycles. The molecule has 4 heterocycles. The van der Waals surface area contributed by atoms with Crippen molar-refractivity contribution < 1.29 is 0 Å². The highest BCUT2D eigenvalue weighted by Crippen LogP contribution is 2.29. The van der Waals surface area contributed by atoms with Crippen LogP contribution in [-0.2, 0) is 13.0 Å². The molecule has 0 atom stereocenters. The lowest BCUT2D eigenvalue weighted by atomic mass is 9.96. The van der Waals surface area contributed by atoms with Crippen LogP contribution in [0.4, 0.5) is 5.82 Å². The maximum Gasteiger partial charge on any atom is 0.180 e. The largest absolute Gasteiger partial charge is 0.356 e. The molecule has 0 saturated carbocycles. The molecule has 3 aromatic rings. The zero-order valence-electron chi connectivity index (χ0n) is 15.9. The van der Waals surface area contributed by atoms with Gasteiger partial charge in [0.05, 0.1) is 0 Å². The second-order valence-corrected chi connectivity index (χ2v) is 6.85. The summed E-state index contributed by atoms with van der Waals surface area (Å²) in [5.74, 6) is 3.28. The minimum atomic E-state index is 0.464. The number of aromatic nitrogens is 6. The molecular weight excluding hydrogens is 338 g/mol. The van der Waals surface area contributed by atoms with Crippen molar-refractivity contribution in [3.8, 4) is 11.5 Å². The van der Waals surface area contributed by atoms with E-state index in [9.17, 15) is 0 Å². The molecule has 140 valence electrons. The first kappa shape index (κ1) is 17.6. The van der Waals surface area contributed by atoms with Crippen molar-refractivity contribution in [2.45, 2.75) is 45.6 Å². The van der Waals surface area contributed by atoms with E-state index in [2.05, 4.69) is 49.5 Å². The van der Waals surface area contributed by atoms with Gasteiger partial charge in [0.25, 0.3) is 0 Å². The van der Waals surface area contributed by atoms with Crippen LogP contribution in [0, 0.1) is 0 Å². The summed E-state index contributed by atoms with van der Waals surface area (Å²) in [5, 5.41) is 8.44. The van der Waals surface area contributed by atoms with Crippen LogP contribution in [-0.4, -0.2) is 42.8 Å². The third-order valence-electron chi connectivity index (χ3n) is 5.19. The summed E-state index contributed by atoms with van der Waals surface area (Å²) >= 11 is 0. The molecule has 0 aromatic carbocycles. The molecule has 1 saturated heterocycles. The highest BCUT2D eigenvalue weighted by atomic mass is 15.3. The molecule has 7 heteroatoms. The highest BCUT2D eigenvalue weighted by molar-refractivity contribution is 5.54. The summed E-state index contributed by atoms with van der Waals surface area (Å²) in [6.07, 6.45) is 6.61. The Balaban J connectivity index is 1.54. The van der Waals surface area contributed by atoms with Gasteiger partial charge in [-0.2, -0.15) is 0 Å². The number of hydrogen-bond acceptors (Lipinski definition) is 6. The molecule has 0 aliphatic carbocycles. The number of hydrogen-bond donors (Lipinski definition) is 0. The standard InChI is InChI=1S/C20H25N7/c1-3-16-13-18(24-19(23-16)17-7-5-6-10-21-17)27-11-8-15(9-12-27)20-25-22-14-26(20)4-2/h5-7,10,13-15H,3-4,8-9,11-12H2,1-2H3. The lowest BCUT2D eigenvalue weighted by Crippen LogP contribution is -2.34. The SMILES string of the molecule is CCc1cc(N2CCC(c3nncn3CC)CC2)nc(-c2ccccn2)n1. The van der Waals surface area contributed by atoms with Gasteiger partial charge in [-0.15, -0.1) is 10.2 Å². The lowest BCUT2D eigenvalue weighted by molar-refractivity contribution is 0.465. The Bertz CT molecular complexity index is 882. The van der Waals surface area contributed by atoms with Gasteiger partial charge in [0.15, 0.2) is 5.82 Å². The number of piperidine rings is 1. The summed E-state index contributed by atoms with van der Waals surface area (Å²) in [6, 6.07) is 7.96. The molecule has 1 aliphatic heterocycles. The maximum absolute atomic E-state index is 4.82. The van der Waals surface area contributed by atoms with Gasteiger partial charge in [0, 0.05) is 43.5 Å². The Hall–Kier alpha value is -2.83. The van der Waals surface area contributed by atoms with Crippen molar-refractivity contribution in [2.75, 3.05) is 18.0 Å². The molecule has 0 bridgehead atoms. The van der Waals surface area contributed by atoms with Crippen molar-refractivity contribution in [3.63, 3.8) is 0 Å². The fraction of sp³-hybridized carbons (Fsp3) is 0.450. The third-order valence-corrected chi connectivity index (χ3v) is 5.19. The molecule has 0 radical (unpaired) electrons. The van der Waals surface area contributed by atoms with E-state index in [1.54, 1.807) is 6.20 Å². The molecule has 7 nitrogen and oxygen atoms in total. The zero-order valence-corrected chi connectivity index (χ0v) is 15.9. The Kier molecular flexibility index (Phi) is 5.09. The quantitative estimate of drug-likeness (QED) is 0.694. The van der Waals surface area contributed by atoms with E-state index >= 15 is 0 Å². The van der Waals surface area contributed by atoms with Crippen molar-refractivity contribution in [1.29, 1.82) is 0 Å². The third kappa shape index (κ3) is 3.67. The summed E-state index contributed by atoms with van der Waals surface area (Å²) < 4.78 is 2.15. The number of nitrogens with zero attached hydrogens (tertiary/aromatic N) is 7. The van der Waals surface area contributed by atoms with Gasteiger partial charge >= 0.3 is 0 Å². The monoisotopic (exact) mass is 363 g/mol. The maximum atomic E-state index is 4.82. The molecular formula is C20H25N7. The van der Waals surface area contributed by atoms with Crippen LogP contribution >= 0.6 is 0 Å². The van der Waals surface area contributed by atoms with Crippen molar-refractivity contribution >= 4 is 5.82 Å². The predicted octanol–water partition coefficient (Wildman–Crippen LogP) is 3.10. The van der Waals surface area contributed by atoms with Crippen LogP contribution < -0.4 is 4.90 Å². The number of pyridine rings is 1. The van der Waals surface area contributed by atoms with Gasteiger partial charge in [0.2, 0.25) is 0 Å². The first-order valence-electron chi connectivity index (χ1n) is 9.70. The zero-order chi connectivity index (χ0) is 18.6. The first-order chi connectivity index (χ1) is 13.3. The molecule has 0 amide bonds. The van der Waals surface area contributed by atoms with Crippen molar-refractivity contribution in [1.82, 2.24) is 29.7 Å². The van der Waals surface area contributed by atoms with Gasteiger partial charge in [0.1, 0.15) is 23.7 Å². The molecule has 27 heavy (non-hydrogen) atoms. The number of anilines is 1. The van der Waals surface area contributed by atoms with Gasteiger partial charge in [-0.1, -0.05) is 13.0 Å². The first-order valence-corrected chi connectivity index (χ1v) is 9.70. The van der Waals surface area contributed by atoms with Crippen LogP contribution in [0.15, 0.2) is 36.8 Å². The summed E-state index contributed by atoms with van der Waals surface area (Å²) in [6.45, 7) is 7.10. The van der Waals surface area contributed by atoms with Gasteiger partial charge < -0.3 is 9.47 Å². The number of aryl methyl sites for hydroxylation is 2. The number of rotatable bonds is 5. The summed E-state index contributed by atoms with van der Waals surface area (Å²) in [7, 11) is 0. The lowest BCUT2D eigenvalue weighted by Gasteiger charge is -2.32. The van der Waals surface area contributed by atoms with E-state index in [1.807, 2.05) is 24.5 Å². The molecule has 0 N–H and O–H groups in total. The molecule has 4 rings (SSSR count). The van der Waals surface area contributed by atoms with Crippen molar-refractivity contribution in [3.05, 3.63) is 48.3 Å². The van der Waals surface area contributed by atoms with E-state index in [0.717, 1.165) is 61.9 Å². The second kappa shape index (κ2) is 7.82. The molecule has 0 unspecified atom stereocenters. The van der Waals surface area contributed by atoms with Gasteiger partial charge in [-0.05, 0) is 38.3 Å². The fourth-order valence-electron chi connectivity index (χ4n) is 3.63. The topological polar surface area (TPSA) is 72.6 Å². The fourth-order valence-corrected chi connectivity index (χ4v) is 3.63. The molecule has 1 aliphatic rings.